The molecule has 2 heterocycles. The van der Waals surface area contributed by atoms with Gasteiger partial charge >= 0.3 is 0 Å². The van der Waals surface area contributed by atoms with Gasteiger partial charge in [0.2, 0.25) is 0 Å². The molecule has 1 aliphatic carbocycles. The summed E-state index contributed by atoms with van der Waals surface area (Å²) in [5.74, 6) is -0.319. The average Bonchev–Trinajstić information content (AvgIpc) is 3.04. The number of aliphatic hydroxyl groups excluding tert-OH is 3. The zero-order valence-electron chi connectivity index (χ0n) is 15.8. The summed E-state index contributed by atoms with van der Waals surface area (Å²) in [4.78, 5) is 12.8. The Morgan fingerprint density at radius 3 is 2.71 bits per heavy atom. The van der Waals surface area contributed by atoms with E-state index in [9.17, 15) is 20.1 Å². The summed E-state index contributed by atoms with van der Waals surface area (Å²) in [6.45, 7) is 2.25. The van der Waals surface area contributed by atoms with Crippen molar-refractivity contribution < 1.29 is 34.3 Å². The number of carbonyl (C=O) groups is 1. The molecule has 2 fully saturated rings. The summed E-state index contributed by atoms with van der Waals surface area (Å²) in [5, 5.41) is 31.4. The van der Waals surface area contributed by atoms with Crippen LogP contribution in [0.2, 0.25) is 0 Å². The van der Waals surface area contributed by atoms with Crippen LogP contribution >= 0.6 is 0 Å². The van der Waals surface area contributed by atoms with Crippen LogP contribution in [0.1, 0.15) is 37.3 Å². The van der Waals surface area contributed by atoms with Crippen molar-refractivity contribution in [2.45, 2.75) is 69.4 Å². The van der Waals surface area contributed by atoms with Gasteiger partial charge in [-0.3, -0.25) is 4.79 Å². The van der Waals surface area contributed by atoms with Crippen LogP contribution < -0.4 is 0 Å². The molecule has 2 aliphatic heterocycles. The summed E-state index contributed by atoms with van der Waals surface area (Å²) < 4.78 is 17.2. The number of aliphatic hydroxyl groups is 3. The highest BCUT2D eigenvalue weighted by molar-refractivity contribution is 6.04. The fraction of sp³-hybridized carbons (Fsp3) is 0.571. The third-order valence-corrected chi connectivity index (χ3v) is 5.71. The van der Waals surface area contributed by atoms with Crippen molar-refractivity contribution in [3.8, 4) is 0 Å². The minimum absolute atomic E-state index is 0.0175. The first kappa shape index (κ1) is 19.5. The van der Waals surface area contributed by atoms with Crippen LogP contribution in [0.25, 0.3) is 5.76 Å². The predicted molar refractivity (Wildman–Crippen MR) is 99.5 cm³/mol. The van der Waals surface area contributed by atoms with Crippen molar-refractivity contribution in [3.05, 3.63) is 41.0 Å². The van der Waals surface area contributed by atoms with Crippen LogP contribution in [0.5, 0.6) is 0 Å². The van der Waals surface area contributed by atoms with E-state index in [4.69, 9.17) is 14.2 Å². The Hall–Kier alpha value is -1.77. The van der Waals surface area contributed by atoms with Gasteiger partial charge in [-0.2, -0.15) is 0 Å². The number of Topliss-reactive ketones (excluding diaryl/α,β-unsaturated/α-hetero) is 1. The second kappa shape index (κ2) is 7.93. The minimum atomic E-state index is -1.25. The number of allylic oxidation sites excluding steroid dienone is 1. The van der Waals surface area contributed by atoms with E-state index >= 15 is 0 Å². The van der Waals surface area contributed by atoms with Crippen molar-refractivity contribution in [1.29, 1.82) is 0 Å². The van der Waals surface area contributed by atoms with E-state index in [1.807, 2.05) is 25.1 Å². The van der Waals surface area contributed by atoms with Crippen molar-refractivity contribution in [3.63, 3.8) is 0 Å². The minimum Gasteiger partial charge on any atom is -0.507 e. The van der Waals surface area contributed by atoms with Crippen LogP contribution in [0.3, 0.4) is 0 Å². The molecule has 3 aliphatic rings. The SMILES string of the molecule is CCCC1OCC2O[C@@H](CC(=O)C3=C(O)c4ccccc4C3)C(O)C(O)[C@@H]2O1. The maximum Gasteiger partial charge on any atom is 0.165 e. The van der Waals surface area contributed by atoms with Crippen LogP contribution in [0, 0.1) is 0 Å². The number of fused-ring (bicyclic) bond motifs is 2. The second-order valence-electron chi connectivity index (χ2n) is 7.63. The van der Waals surface area contributed by atoms with E-state index in [1.165, 1.54) is 0 Å². The molecule has 4 unspecified atom stereocenters. The molecule has 152 valence electrons. The first-order valence-electron chi connectivity index (χ1n) is 9.81. The molecular formula is C21H26O7. The lowest BCUT2D eigenvalue weighted by Crippen LogP contribution is -2.62. The topological polar surface area (TPSA) is 105 Å². The maximum atomic E-state index is 12.8. The smallest absolute Gasteiger partial charge is 0.165 e. The number of benzene rings is 1. The quantitative estimate of drug-likeness (QED) is 0.700. The van der Waals surface area contributed by atoms with Crippen LogP contribution in [-0.2, 0) is 25.4 Å². The molecule has 0 amide bonds. The summed E-state index contributed by atoms with van der Waals surface area (Å²) in [5.41, 5.74) is 1.87. The number of hydrogen-bond acceptors (Lipinski definition) is 7. The van der Waals surface area contributed by atoms with E-state index in [0.717, 1.165) is 12.0 Å². The van der Waals surface area contributed by atoms with E-state index in [1.54, 1.807) is 6.07 Å². The number of hydrogen-bond donors (Lipinski definition) is 3. The van der Waals surface area contributed by atoms with Crippen molar-refractivity contribution in [1.82, 2.24) is 0 Å². The summed E-state index contributed by atoms with van der Waals surface area (Å²) in [6.07, 6.45) is -3.17. The summed E-state index contributed by atoms with van der Waals surface area (Å²) in [7, 11) is 0. The number of ketones is 1. The zero-order chi connectivity index (χ0) is 19.8. The van der Waals surface area contributed by atoms with E-state index in [0.29, 0.717) is 24.0 Å². The van der Waals surface area contributed by atoms with Gasteiger partial charge < -0.3 is 29.5 Å². The van der Waals surface area contributed by atoms with E-state index in [2.05, 4.69) is 0 Å². The zero-order valence-corrected chi connectivity index (χ0v) is 15.8. The Bertz CT molecular complexity index is 772. The third kappa shape index (κ3) is 3.49. The van der Waals surface area contributed by atoms with Crippen molar-refractivity contribution in [2.75, 3.05) is 6.61 Å². The molecule has 28 heavy (non-hydrogen) atoms. The lowest BCUT2D eigenvalue weighted by molar-refractivity contribution is -0.325. The van der Waals surface area contributed by atoms with Gasteiger partial charge in [-0.25, -0.2) is 0 Å². The average molecular weight is 390 g/mol. The molecule has 7 nitrogen and oxygen atoms in total. The number of rotatable bonds is 5. The Kier molecular flexibility index (Phi) is 5.53. The standard InChI is InChI=1S/C21H26O7/c1-2-5-17-26-10-16-21(28-17)20(25)19(24)15(27-16)9-14(22)13-8-11-6-3-4-7-12(11)18(13)23/h3-4,6-7,15-17,19-21,23-25H,2,5,8-10H2,1H3/t15-,16?,17?,19?,20?,21+/m0/s1. The summed E-state index contributed by atoms with van der Waals surface area (Å²) in [6, 6.07) is 7.31. The first-order chi connectivity index (χ1) is 13.5. The maximum absolute atomic E-state index is 12.8. The fourth-order valence-corrected chi connectivity index (χ4v) is 4.17. The Labute approximate surface area is 163 Å². The molecule has 4 rings (SSSR count). The lowest BCUT2D eigenvalue weighted by Gasteiger charge is -2.46. The monoisotopic (exact) mass is 390 g/mol. The van der Waals surface area contributed by atoms with Gasteiger partial charge in [0, 0.05) is 24.0 Å². The summed E-state index contributed by atoms with van der Waals surface area (Å²) >= 11 is 0. The van der Waals surface area contributed by atoms with Gasteiger partial charge in [0.05, 0.1) is 12.7 Å². The van der Waals surface area contributed by atoms with Gasteiger partial charge in [-0.15, -0.1) is 0 Å². The van der Waals surface area contributed by atoms with E-state index < -0.39 is 36.8 Å². The molecule has 3 N–H and O–H groups in total. The van der Waals surface area contributed by atoms with Crippen molar-refractivity contribution >= 4 is 11.5 Å². The Morgan fingerprint density at radius 2 is 1.96 bits per heavy atom. The molecule has 0 saturated carbocycles. The van der Waals surface area contributed by atoms with Gasteiger partial charge in [-0.05, 0) is 12.0 Å². The van der Waals surface area contributed by atoms with Gasteiger partial charge in [0.25, 0.3) is 0 Å². The fourth-order valence-electron chi connectivity index (χ4n) is 4.17. The highest BCUT2D eigenvalue weighted by Crippen LogP contribution is 2.34. The molecule has 7 heteroatoms. The highest BCUT2D eigenvalue weighted by Gasteiger charge is 2.49. The molecule has 0 aromatic heterocycles. The second-order valence-corrected chi connectivity index (χ2v) is 7.63. The molecule has 1 aromatic rings. The Morgan fingerprint density at radius 1 is 1.18 bits per heavy atom. The molecular weight excluding hydrogens is 364 g/mol. The molecule has 0 spiro atoms. The Balaban J connectivity index is 1.44. The third-order valence-electron chi connectivity index (χ3n) is 5.71. The molecule has 6 atom stereocenters. The van der Waals surface area contributed by atoms with Gasteiger partial charge in [0.15, 0.2) is 12.1 Å². The van der Waals surface area contributed by atoms with Crippen LogP contribution in [0.15, 0.2) is 29.8 Å². The van der Waals surface area contributed by atoms with Gasteiger partial charge in [-0.1, -0.05) is 37.6 Å². The first-order valence-corrected chi connectivity index (χ1v) is 9.81. The van der Waals surface area contributed by atoms with E-state index in [-0.39, 0.29) is 24.6 Å². The number of ether oxygens (including phenoxy) is 3. The van der Waals surface area contributed by atoms with Crippen LogP contribution in [0.4, 0.5) is 0 Å². The lowest BCUT2D eigenvalue weighted by atomic mass is 9.90. The molecule has 0 radical (unpaired) electrons. The normalized spacial score (nSPS) is 34.8. The molecule has 1 aromatic carbocycles. The highest BCUT2D eigenvalue weighted by atomic mass is 16.7. The molecule has 0 bridgehead atoms. The van der Waals surface area contributed by atoms with Gasteiger partial charge in [0.1, 0.15) is 30.2 Å². The van der Waals surface area contributed by atoms with Crippen molar-refractivity contribution in [2.24, 2.45) is 0 Å². The predicted octanol–water partition coefficient (Wildman–Crippen LogP) is 1.50. The van der Waals surface area contributed by atoms with Crippen LogP contribution in [-0.4, -0.2) is 64.5 Å². The number of carbonyl (C=O) groups excluding carboxylic acids is 1. The molecule has 2 saturated heterocycles. The largest absolute Gasteiger partial charge is 0.507 e.